The Labute approximate surface area is 282 Å². The van der Waals surface area contributed by atoms with Gasteiger partial charge in [0.2, 0.25) is 0 Å². The minimum Gasteiger partial charge on any atom is -0.505 e. The Bertz CT molecular complexity index is 944. The zero-order chi connectivity index (χ0) is 33.7. The van der Waals surface area contributed by atoms with Gasteiger partial charge in [-0.1, -0.05) is 168 Å². The van der Waals surface area contributed by atoms with Gasteiger partial charge < -0.3 is 9.84 Å². The van der Waals surface area contributed by atoms with Crippen LogP contribution in [-0.4, -0.2) is 28.1 Å². The summed E-state index contributed by atoms with van der Waals surface area (Å²) in [6.45, 7) is 5.85. The van der Waals surface area contributed by atoms with Gasteiger partial charge in [-0.05, 0) is 19.8 Å². The number of aromatic nitrogens is 1. The molecule has 1 aromatic rings. The van der Waals surface area contributed by atoms with Crippen LogP contribution >= 0.6 is 0 Å². The number of aryl methyl sites for hydroxylation is 1. The van der Waals surface area contributed by atoms with Crippen molar-refractivity contribution in [1.82, 2.24) is 4.98 Å². The molecule has 0 aliphatic rings. The summed E-state index contributed by atoms with van der Waals surface area (Å²) in [4.78, 5) is 41.8. The average Bonchev–Trinajstić information content (AvgIpc) is 3.05. The summed E-state index contributed by atoms with van der Waals surface area (Å²) in [7, 11) is 0. The third-order valence-electron chi connectivity index (χ3n) is 9.24. The van der Waals surface area contributed by atoms with Crippen molar-refractivity contribution in [2.24, 2.45) is 0 Å². The van der Waals surface area contributed by atoms with Crippen LogP contribution in [-0.2, 0) is 16.1 Å². The van der Waals surface area contributed by atoms with E-state index in [1.165, 1.54) is 128 Å². The summed E-state index contributed by atoms with van der Waals surface area (Å²) in [6.07, 6.45) is 33.2. The van der Waals surface area contributed by atoms with E-state index < -0.39 is 0 Å². The fraction of sp³-hybridized carbons (Fsp3) is 0.800. The third-order valence-corrected chi connectivity index (χ3v) is 9.24. The minimum atomic E-state index is -0.352. The lowest BCUT2D eigenvalue weighted by atomic mass is 9.99. The van der Waals surface area contributed by atoms with E-state index in [9.17, 15) is 19.5 Å². The average molecular weight is 644 g/mol. The zero-order valence-corrected chi connectivity index (χ0v) is 30.1. The van der Waals surface area contributed by atoms with Crippen LogP contribution in [0.25, 0.3) is 0 Å². The first-order valence-electron chi connectivity index (χ1n) is 19.3. The third kappa shape index (κ3) is 20.1. The molecule has 264 valence electrons. The molecule has 6 nitrogen and oxygen atoms in total. The summed E-state index contributed by atoms with van der Waals surface area (Å²) in [6, 6.07) is 0. The van der Waals surface area contributed by atoms with Crippen LogP contribution in [0.1, 0.15) is 226 Å². The van der Waals surface area contributed by atoms with Gasteiger partial charge in [-0.3, -0.25) is 14.4 Å². The van der Waals surface area contributed by atoms with Gasteiger partial charge in [-0.25, -0.2) is 4.98 Å². The Kier molecular flexibility index (Phi) is 26.3. The smallest absolute Gasteiger partial charge is 0.306 e. The number of aldehydes is 1. The molecule has 6 heteroatoms. The summed E-state index contributed by atoms with van der Waals surface area (Å²) >= 11 is 0. The molecule has 1 rings (SSSR count). The number of nitrogens with zero attached hydrogens (tertiary/aromatic N) is 1. The van der Waals surface area contributed by atoms with E-state index in [-0.39, 0.29) is 46.6 Å². The molecule has 46 heavy (non-hydrogen) atoms. The largest absolute Gasteiger partial charge is 0.505 e. The molecule has 0 radical (unpaired) electrons. The monoisotopic (exact) mass is 644 g/mol. The molecule has 0 amide bonds. The van der Waals surface area contributed by atoms with Gasteiger partial charge in [0.15, 0.2) is 12.1 Å². The van der Waals surface area contributed by atoms with Gasteiger partial charge in [0.05, 0.1) is 11.3 Å². The lowest BCUT2D eigenvalue weighted by molar-refractivity contribution is -0.145. The normalized spacial score (nSPS) is 11.2. The maximum atomic E-state index is 13.2. The number of ketones is 1. The first kappa shape index (κ1) is 41.8. The van der Waals surface area contributed by atoms with Gasteiger partial charge in [-0.2, -0.15) is 0 Å². The molecule has 0 saturated heterocycles. The number of esters is 1. The van der Waals surface area contributed by atoms with Crippen molar-refractivity contribution in [2.45, 2.75) is 207 Å². The molecule has 0 atom stereocenters. The van der Waals surface area contributed by atoms with Crippen molar-refractivity contribution in [3.63, 3.8) is 0 Å². The topological polar surface area (TPSA) is 93.6 Å². The lowest BCUT2D eigenvalue weighted by Gasteiger charge is -2.14. The molecule has 0 aromatic carbocycles. The van der Waals surface area contributed by atoms with E-state index in [1.807, 2.05) is 0 Å². The number of hydrogen-bond acceptors (Lipinski definition) is 6. The molecule has 0 aliphatic heterocycles. The summed E-state index contributed by atoms with van der Waals surface area (Å²) in [5.74, 6) is -0.776. The van der Waals surface area contributed by atoms with E-state index in [4.69, 9.17) is 4.74 Å². The number of aromatic hydroxyl groups is 1. The summed E-state index contributed by atoms with van der Waals surface area (Å²) in [5, 5.41) is 10.4. The van der Waals surface area contributed by atoms with E-state index >= 15 is 0 Å². The molecule has 0 saturated carbocycles. The van der Waals surface area contributed by atoms with Crippen molar-refractivity contribution in [2.75, 3.05) is 0 Å². The fourth-order valence-electron chi connectivity index (χ4n) is 6.19. The highest BCUT2D eigenvalue weighted by Gasteiger charge is 2.23. The van der Waals surface area contributed by atoms with Gasteiger partial charge >= 0.3 is 5.97 Å². The van der Waals surface area contributed by atoms with Crippen LogP contribution in [0.2, 0.25) is 0 Å². The van der Waals surface area contributed by atoms with E-state index in [2.05, 4.69) is 18.8 Å². The predicted molar refractivity (Wildman–Crippen MR) is 191 cm³/mol. The fourth-order valence-corrected chi connectivity index (χ4v) is 6.19. The predicted octanol–water partition coefficient (Wildman–Crippen LogP) is 12.1. The summed E-state index contributed by atoms with van der Waals surface area (Å²) in [5.41, 5.74) is 0.592. The Morgan fingerprint density at radius 3 is 1.37 bits per heavy atom. The number of carbonyl (C=O) groups excluding carboxylic acids is 3. The second kappa shape index (κ2) is 28.9. The summed E-state index contributed by atoms with van der Waals surface area (Å²) < 4.78 is 5.48. The molecular formula is C40H69NO5. The number of pyridine rings is 1. The van der Waals surface area contributed by atoms with Crippen molar-refractivity contribution in [3.8, 4) is 5.75 Å². The van der Waals surface area contributed by atoms with E-state index in [1.54, 1.807) is 6.92 Å². The van der Waals surface area contributed by atoms with Crippen molar-refractivity contribution < 1.29 is 24.2 Å². The molecule has 0 bridgehead atoms. The molecule has 0 spiro atoms. The molecule has 0 unspecified atom stereocenters. The molecule has 0 aliphatic carbocycles. The molecular weight excluding hydrogens is 574 g/mol. The quantitative estimate of drug-likeness (QED) is 0.0363. The number of hydrogen-bond donors (Lipinski definition) is 1. The number of unbranched alkanes of at least 4 members (excludes halogenated alkanes) is 24. The Morgan fingerprint density at radius 2 is 0.978 bits per heavy atom. The standard InChI is InChI=1S/C40H69NO5/c1-4-6-8-10-12-14-16-18-20-22-24-26-28-30-37(43)39-36(35(32-42)40(45)34(3)41-39)33-46-38(44)31-29-27-25-23-21-19-17-15-13-11-9-7-5-2/h32,45H,4-31,33H2,1-3H3. The first-order chi connectivity index (χ1) is 22.5. The highest BCUT2D eigenvalue weighted by atomic mass is 16.5. The minimum absolute atomic E-state index is 0.00465. The van der Waals surface area contributed by atoms with Crippen LogP contribution in [0, 0.1) is 6.92 Å². The number of ether oxygens (including phenoxy) is 1. The van der Waals surface area contributed by atoms with Gasteiger partial charge in [-0.15, -0.1) is 0 Å². The maximum absolute atomic E-state index is 13.2. The van der Waals surface area contributed by atoms with E-state index in [0.29, 0.717) is 19.1 Å². The second-order valence-electron chi connectivity index (χ2n) is 13.5. The second-order valence-corrected chi connectivity index (χ2v) is 13.5. The number of rotatable bonds is 32. The molecule has 1 heterocycles. The van der Waals surface area contributed by atoms with E-state index in [0.717, 1.165) is 38.5 Å². The highest BCUT2D eigenvalue weighted by Crippen LogP contribution is 2.27. The number of carbonyl (C=O) groups is 3. The maximum Gasteiger partial charge on any atom is 0.306 e. The van der Waals surface area contributed by atoms with Gasteiger partial charge in [0.1, 0.15) is 18.1 Å². The van der Waals surface area contributed by atoms with Crippen LogP contribution in [0.3, 0.4) is 0 Å². The molecule has 1 aromatic heterocycles. The molecule has 1 N–H and O–H groups in total. The van der Waals surface area contributed by atoms with Crippen molar-refractivity contribution in [1.29, 1.82) is 0 Å². The van der Waals surface area contributed by atoms with Gasteiger partial charge in [0.25, 0.3) is 0 Å². The van der Waals surface area contributed by atoms with Crippen LogP contribution in [0.15, 0.2) is 0 Å². The van der Waals surface area contributed by atoms with Crippen molar-refractivity contribution >= 4 is 18.0 Å². The highest BCUT2D eigenvalue weighted by molar-refractivity contribution is 5.98. The van der Waals surface area contributed by atoms with Gasteiger partial charge in [0, 0.05) is 18.4 Å². The lowest BCUT2D eigenvalue weighted by Crippen LogP contribution is -2.14. The van der Waals surface area contributed by atoms with Crippen molar-refractivity contribution in [3.05, 3.63) is 22.5 Å². The Morgan fingerprint density at radius 1 is 0.609 bits per heavy atom. The first-order valence-corrected chi connectivity index (χ1v) is 19.3. The Balaban J connectivity index is 2.33. The zero-order valence-electron chi connectivity index (χ0n) is 30.1. The van der Waals surface area contributed by atoms with Crippen LogP contribution in [0.4, 0.5) is 0 Å². The van der Waals surface area contributed by atoms with Crippen LogP contribution < -0.4 is 0 Å². The number of Topliss-reactive ketones (excluding diaryl/α,β-unsaturated/α-hetero) is 1. The van der Waals surface area contributed by atoms with Crippen LogP contribution in [0.5, 0.6) is 5.75 Å². The SMILES string of the molecule is CCCCCCCCCCCCCCCC(=O)OCc1c(C(=O)CCCCCCCCCCCCCCC)nc(C)c(O)c1C=O. The Hall–Kier alpha value is -2.24. The molecule has 0 fully saturated rings.